The number of nitrogens with zero attached hydrogens (tertiary/aromatic N) is 1. The molecule has 0 aromatic rings. The maximum Gasteiger partial charge on any atom is 0.191 e. The van der Waals surface area contributed by atoms with Gasteiger partial charge in [0.2, 0.25) is 0 Å². The summed E-state index contributed by atoms with van der Waals surface area (Å²) >= 11 is 3.98. The zero-order valence-corrected chi connectivity index (χ0v) is 14.6. The zero-order valence-electron chi connectivity index (χ0n) is 13.0. The number of hydrogen-bond acceptors (Lipinski definition) is 3. The van der Waals surface area contributed by atoms with Crippen LogP contribution in [-0.4, -0.2) is 47.6 Å². The molecule has 1 saturated carbocycles. The Labute approximate surface area is 127 Å². The second-order valence-corrected chi connectivity index (χ2v) is 8.71. The van der Waals surface area contributed by atoms with E-state index in [-0.39, 0.29) is 4.75 Å². The van der Waals surface area contributed by atoms with Gasteiger partial charge in [0.25, 0.3) is 0 Å². The van der Waals surface area contributed by atoms with Crippen molar-refractivity contribution < 1.29 is 0 Å². The highest BCUT2D eigenvalue weighted by Crippen LogP contribution is 2.29. The standard InChI is InChI=1S/C14H29N3S2/c1-6-19-12-8-7-11(9-12)17-13(15-4)16-10-14(2,3)18-5/h11-12H,6-10H2,1-5H3,(H2,15,16,17). The summed E-state index contributed by atoms with van der Waals surface area (Å²) in [6.45, 7) is 7.69. The highest BCUT2D eigenvalue weighted by molar-refractivity contribution is 8.00. The Morgan fingerprint density at radius 3 is 2.68 bits per heavy atom. The molecule has 0 aromatic carbocycles. The summed E-state index contributed by atoms with van der Waals surface area (Å²) in [5.74, 6) is 2.18. The Bertz CT molecular complexity index is 292. The third-order valence-corrected chi connectivity index (χ3v) is 6.07. The molecule has 2 unspecified atom stereocenters. The van der Waals surface area contributed by atoms with Gasteiger partial charge in [-0.05, 0) is 45.1 Å². The molecule has 0 bridgehead atoms. The van der Waals surface area contributed by atoms with Crippen LogP contribution in [0.5, 0.6) is 0 Å². The highest BCUT2D eigenvalue weighted by Gasteiger charge is 2.25. The van der Waals surface area contributed by atoms with E-state index in [0.717, 1.165) is 17.8 Å². The first kappa shape index (κ1) is 17.0. The van der Waals surface area contributed by atoms with Crippen molar-refractivity contribution in [1.82, 2.24) is 10.6 Å². The Kier molecular flexibility index (Phi) is 7.44. The number of aliphatic imine (C=N–C) groups is 1. The third-order valence-electron chi connectivity index (χ3n) is 3.59. The van der Waals surface area contributed by atoms with E-state index in [1.165, 1.54) is 25.0 Å². The Morgan fingerprint density at radius 2 is 2.11 bits per heavy atom. The van der Waals surface area contributed by atoms with Gasteiger partial charge in [-0.2, -0.15) is 23.5 Å². The Balaban J connectivity index is 2.34. The lowest BCUT2D eigenvalue weighted by Crippen LogP contribution is -2.46. The number of thioether (sulfide) groups is 2. The topological polar surface area (TPSA) is 36.4 Å². The minimum absolute atomic E-state index is 0.244. The van der Waals surface area contributed by atoms with Crippen molar-refractivity contribution in [2.45, 2.75) is 56.1 Å². The van der Waals surface area contributed by atoms with Crippen LogP contribution in [0.1, 0.15) is 40.0 Å². The number of nitrogens with one attached hydrogen (secondary N) is 2. The van der Waals surface area contributed by atoms with E-state index in [0.29, 0.717) is 6.04 Å². The molecule has 0 heterocycles. The first-order chi connectivity index (χ1) is 9.00. The smallest absolute Gasteiger partial charge is 0.191 e. The van der Waals surface area contributed by atoms with E-state index in [1.54, 1.807) is 0 Å². The Hall–Kier alpha value is -0.0300. The molecular formula is C14H29N3S2. The van der Waals surface area contributed by atoms with E-state index in [4.69, 9.17) is 0 Å². The predicted molar refractivity (Wildman–Crippen MR) is 91.7 cm³/mol. The lowest BCUT2D eigenvalue weighted by molar-refractivity contribution is 0.600. The van der Waals surface area contributed by atoms with Crippen molar-refractivity contribution in [1.29, 1.82) is 0 Å². The van der Waals surface area contributed by atoms with Crippen LogP contribution in [0, 0.1) is 0 Å². The second-order valence-electron chi connectivity index (χ2n) is 5.62. The molecule has 1 aliphatic carbocycles. The fourth-order valence-corrected chi connectivity index (χ4v) is 3.57. The van der Waals surface area contributed by atoms with Gasteiger partial charge in [0.1, 0.15) is 0 Å². The molecule has 19 heavy (non-hydrogen) atoms. The minimum atomic E-state index is 0.244. The summed E-state index contributed by atoms with van der Waals surface area (Å²) in [5.41, 5.74) is 0. The van der Waals surface area contributed by atoms with Crippen molar-refractivity contribution in [3.63, 3.8) is 0 Å². The van der Waals surface area contributed by atoms with Crippen LogP contribution in [0.25, 0.3) is 0 Å². The second kappa shape index (κ2) is 8.30. The van der Waals surface area contributed by atoms with Gasteiger partial charge < -0.3 is 10.6 Å². The van der Waals surface area contributed by atoms with Crippen molar-refractivity contribution >= 4 is 29.5 Å². The van der Waals surface area contributed by atoms with Gasteiger partial charge in [-0.25, -0.2) is 0 Å². The van der Waals surface area contributed by atoms with Crippen LogP contribution in [0.4, 0.5) is 0 Å². The average molecular weight is 304 g/mol. The van der Waals surface area contributed by atoms with Crippen LogP contribution in [0.15, 0.2) is 4.99 Å². The normalized spacial score (nSPS) is 24.6. The zero-order chi connectivity index (χ0) is 14.3. The summed E-state index contributed by atoms with van der Waals surface area (Å²) in [6.07, 6.45) is 6.03. The predicted octanol–water partition coefficient (Wildman–Crippen LogP) is 2.97. The summed E-state index contributed by atoms with van der Waals surface area (Å²) in [7, 11) is 1.86. The van der Waals surface area contributed by atoms with Crippen LogP contribution in [-0.2, 0) is 0 Å². The fraction of sp³-hybridized carbons (Fsp3) is 0.929. The highest BCUT2D eigenvalue weighted by atomic mass is 32.2. The maximum absolute atomic E-state index is 4.34. The summed E-state index contributed by atoms with van der Waals surface area (Å²) in [5, 5.41) is 7.85. The van der Waals surface area contributed by atoms with Crippen molar-refractivity contribution in [3.05, 3.63) is 0 Å². The fourth-order valence-electron chi connectivity index (χ4n) is 2.22. The van der Waals surface area contributed by atoms with E-state index in [9.17, 15) is 0 Å². The van der Waals surface area contributed by atoms with Crippen LogP contribution in [0.2, 0.25) is 0 Å². The van der Waals surface area contributed by atoms with Gasteiger partial charge in [0.05, 0.1) is 0 Å². The number of guanidine groups is 1. The largest absolute Gasteiger partial charge is 0.355 e. The molecule has 2 N–H and O–H groups in total. The molecule has 0 amide bonds. The lowest BCUT2D eigenvalue weighted by atomic mass is 10.2. The van der Waals surface area contributed by atoms with Crippen LogP contribution in [0.3, 0.4) is 0 Å². The number of rotatable bonds is 6. The average Bonchev–Trinajstić information content (AvgIpc) is 2.82. The lowest BCUT2D eigenvalue weighted by Gasteiger charge is -2.25. The van der Waals surface area contributed by atoms with Crippen molar-refractivity contribution in [2.75, 3.05) is 25.6 Å². The molecule has 0 aliphatic heterocycles. The van der Waals surface area contributed by atoms with Crippen molar-refractivity contribution in [2.24, 2.45) is 4.99 Å². The molecule has 3 nitrogen and oxygen atoms in total. The van der Waals surface area contributed by atoms with Gasteiger partial charge in [-0.15, -0.1) is 0 Å². The summed E-state index contributed by atoms with van der Waals surface area (Å²) in [6, 6.07) is 0.590. The first-order valence-electron chi connectivity index (χ1n) is 7.14. The molecule has 0 radical (unpaired) electrons. The number of hydrogen-bond donors (Lipinski definition) is 2. The van der Waals surface area contributed by atoms with E-state index >= 15 is 0 Å². The van der Waals surface area contributed by atoms with Crippen molar-refractivity contribution in [3.8, 4) is 0 Å². The molecule has 0 saturated heterocycles. The third kappa shape index (κ3) is 6.30. The summed E-state index contributed by atoms with van der Waals surface area (Å²) in [4.78, 5) is 4.34. The van der Waals surface area contributed by atoms with E-state index < -0.39 is 0 Å². The van der Waals surface area contributed by atoms with Crippen LogP contribution < -0.4 is 10.6 Å². The molecule has 1 aliphatic rings. The molecule has 112 valence electrons. The SMILES string of the molecule is CCSC1CCC(NC(=NC)NCC(C)(C)SC)C1. The maximum atomic E-state index is 4.34. The van der Waals surface area contributed by atoms with Gasteiger partial charge in [-0.1, -0.05) is 6.92 Å². The van der Waals surface area contributed by atoms with Gasteiger partial charge in [0.15, 0.2) is 5.96 Å². The minimum Gasteiger partial charge on any atom is -0.355 e. The van der Waals surface area contributed by atoms with E-state index in [2.05, 4.69) is 54.4 Å². The summed E-state index contributed by atoms with van der Waals surface area (Å²) < 4.78 is 0.244. The van der Waals surface area contributed by atoms with E-state index in [1.807, 2.05) is 18.8 Å². The van der Waals surface area contributed by atoms with Gasteiger partial charge >= 0.3 is 0 Å². The van der Waals surface area contributed by atoms with Gasteiger partial charge in [-0.3, -0.25) is 4.99 Å². The molecule has 1 rings (SSSR count). The molecule has 0 spiro atoms. The first-order valence-corrected chi connectivity index (χ1v) is 9.42. The van der Waals surface area contributed by atoms with Gasteiger partial charge in [0, 0.05) is 29.6 Å². The molecule has 2 atom stereocenters. The molecular weight excluding hydrogens is 274 g/mol. The monoisotopic (exact) mass is 303 g/mol. The molecule has 5 heteroatoms. The van der Waals surface area contributed by atoms with Crippen LogP contribution >= 0.6 is 23.5 Å². The Morgan fingerprint density at radius 1 is 1.37 bits per heavy atom. The molecule has 0 aromatic heterocycles. The quantitative estimate of drug-likeness (QED) is 0.584. The molecule has 1 fully saturated rings.